The van der Waals surface area contributed by atoms with Crippen molar-refractivity contribution < 1.29 is 9.53 Å². The third-order valence-corrected chi connectivity index (χ3v) is 3.97. The first-order valence-corrected chi connectivity index (χ1v) is 7.92. The van der Waals surface area contributed by atoms with Crippen LogP contribution in [0.2, 0.25) is 0 Å². The smallest absolute Gasteiger partial charge is 0.239 e. The number of guanidine groups is 1. The molecule has 3 N–H and O–H groups in total. The highest BCUT2D eigenvalue weighted by atomic mass is 16.5. The molecule has 2 unspecified atom stereocenters. The molecular weight excluding hydrogens is 268 g/mol. The summed E-state index contributed by atoms with van der Waals surface area (Å²) in [5.41, 5.74) is 0. The van der Waals surface area contributed by atoms with E-state index in [9.17, 15) is 4.79 Å². The summed E-state index contributed by atoms with van der Waals surface area (Å²) in [5.74, 6) is 1.47. The Morgan fingerprint density at radius 2 is 2.14 bits per heavy atom. The average Bonchev–Trinajstić information content (AvgIpc) is 2.51. The quantitative estimate of drug-likeness (QED) is 0.371. The van der Waals surface area contributed by atoms with Crippen molar-refractivity contribution in [2.45, 2.75) is 45.1 Å². The minimum absolute atomic E-state index is 0.0509. The molecule has 1 fully saturated rings. The number of hydrogen-bond donors (Lipinski definition) is 3. The Morgan fingerprint density at radius 1 is 1.33 bits per heavy atom. The van der Waals surface area contributed by atoms with Gasteiger partial charge < -0.3 is 20.7 Å². The Morgan fingerprint density at radius 3 is 2.81 bits per heavy atom. The first-order valence-electron chi connectivity index (χ1n) is 7.92. The molecule has 21 heavy (non-hydrogen) atoms. The van der Waals surface area contributed by atoms with Gasteiger partial charge in [-0.3, -0.25) is 9.79 Å². The molecule has 2 atom stereocenters. The second-order valence-electron chi connectivity index (χ2n) is 5.55. The molecule has 1 rings (SSSR count). The second-order valence-corrected chi connectivity index (χ2v) is 5.55. The first kappa shape index (κ1) is 17.8. The zero-order valence-corrected chi connectivity index (χ0v) is 13.6. The van der Waals surface area contributed by atoms with Gasteiger partial charge in [0.05, 0.1) is 13.2 Å². The van der Waals surface area contributed by atoms with Crippen LogP contribution in [0, 0.1) is 5.92 Å². The van der Waals surface area contributed by atoms with E-state index in [1.165, 1.54) is 32.1 Å². The lowest BCUT2D eigenvalue weighted by atomic mass is 9.84. The van der Waals surface area contributed by atoms with Crippen molar-refractivity contribution in [2.75, 3.05) is 33.9 Å². The number of carbonyl (C=O) groups is 1. The zero-order chi connectivity index (χ0) is 15.5. The van der Waals surface area contributed by atoms with Crippen molar-refractivity contribution in [3.8, 4) is 0 Å². The molecule has 0 aromatic heterocycles. The van der Waals surface area contributed by atoms with Crippen LogP contribution in [-0.4, -0.2) is 51.8 Å². The molecule has 0 spiro atoms. The Balaban J connectivity index is 2.27. The number of nitrogens with one attached hydrogen (secondary N) is 3. The second kappa shape index (κ2) is 10.4. The van der Waals surface area contributed by atoms with E-state index in [-0.39, 0.29) is 12.5 Å². The van der Waals surface area contributed by atoms with Crippen molar-refractivity contribution in [1.82, 2.24) is 16.0 Å². The molecule has 1 aliphatic carbocycles. The molecule has 0 aromatic rings. The number of amides is 1. The molecule has 122 valence electrons. The normalized spacial score (nSPS) is 22.7. The van der Waals surface area contributed by atoms with E-state index < -0.39 is 0 Å². The number of hydrogen-bond acceptors (Lipinski definition) is 3. The van der Waals surface area contributed by atoms with Gasteiger partial charge in [-0.2, -0.15) is 0 Å². The lowest BCUT2D eigenvalue weighted by molar-refractivity contribution is -0.120. The lowest BCUT2D eigenvalue weighted by Gasteiger charge is -2.30. The minimum atomic E-state index is -0.0509. The van der Waals surface area contributed by atoms with Gasteiger partial charge in [0.2, 0.25) is 5.91 Å². The van der Waals surface area contributed by atoms with Crippen molar-refractivity contribution in [2.24, 2.45) is 10.9 Å². The van der Waals surface area contributed by atoms with Crippen LogP contribution < -0.4 is 16.0 Å². The van der Waals surface area contributed by atoms with Crippen molar-refractivity contribution in [3.05, 3.63) is 0 Å². The van der Waals surface area contributed by atoms with E-state index in [4.69, 9.17) is 4.74 Å². The Hall–Kier alpha value is -1.30. The van der Waals surface area contributed by atoms with E-state index in [1.807, 2.05) is 0 Å². The van der Waals surface area contributed by atoms with Crippen molar-refractivity contribution in [3.63, 3.8) is 0 Å². The monoisotopic (exact) mass is 298 g/mol. The van der Waals surface area contributed by atoms with Crippen LogP contribution in [0.25, 0.3) is 0 Å². The molecule has 0 aliphatic heterocycles. The van der Waals surface area contributed by atoms with Gasteiger partial charge in [-0.05, 0) is 18.8 Å². The third kappa shape index (κ3) is 7.32. The number of nitrogens with zero attached hydrogens (tertiary/aromatic N) is 1. The summed E-state index contributed by atoms with van der Waals surface area (Å²) in [6.45, 7) is 3.54. The summed E-state index contributed by atoms with van der Waals surface area (Å²) in [5, 5.41) is 9.26. The van der Waals surface area contributed by atoms with Crippen LogP contribution >= 0.6 is 0 Å². The minimum Gasteiger partial charge on any atom is -0.383 e. The highest BCUT2D eigenvalue weighted by Gasteiger charge is 2.21. The molecule has 6 nitrogen and oxygen atoms in total. The van der Waals surface area contributed by atoms with Crippen LogP contribution in [0.1, 0.15) is 39.0 Å². The van der Waals surface area contributed by atoms with Gasteiger partial charge in [-0.1, -0.05) is 26.2 Å². The maximum Gasteiger partial charge on any atom is 0.239 e. The van der Waals surface area contributed by atoms with Gasteiger partial charge in [0, 0.05) is 26.7 Å². The highest BCUT2D eigenvalue weighted by molar-refractivity contribution is 5.86. The highest BCUT2D eigenvalue weighted by Crippen LogP contribution is 2.26. The molecule has 6 heteroatoms. The number of methoxy groups -OCH3 is 1. The van der Waals surface area contributed by atoms with Crippen LogP contribution in [0.3, 0.4) is 0 Å². The molecule has 1 amide bonds. The molecule has 1 aliphatic rings. The molecule has 0 bridgehead atoms. The Bertz CT molecular complexity index is 334. The van der Waals surface area contributed by atoms with Crippen molar-refractivity contribution in [1.29, 1.82) is 0 Å². The molecule has 0 saturated heterocycles. The van der Waals surface area contributed by atoms with E-state index in [2.05, 4.69) is 27.9 Å². The fourth-order valence-corrected chi connectivity index (χ4v) is 2.70. The fraction of sp³-hybridized carbons (Fsp3) is 0.867. The van der Waals surface area contributed by atoms with E-state index in [1.54, 1.807) is 14.2 Å². The first-order chi connectivity index (χ1) is 10.2. The van der Waals surface area contributed by atoms with Gasteiger partial charge in [-0.25, -0.2) is 0 Å². The number of ether oxygens (including phenoxy) is 1. The molecule has 0 radical (unpaired) electrons. The fourth-order valence-electron chi connectivity index (χ4n) is 2.70. The van der Waals surface area contributed by atoms with Gasteiger partial charge >= 0.3 is 0 Å². The van der Waals surface area contributed by atoms with E-state index >= 15 is 0 Å². The van der Waals surface area contributed by atoms with Crippen LogP contribution in [-0.2, 0) is 9.53 Å². The molecule has 1 saturated carbocycles. The summed E-state index contributed by atoms with van der Waals surface area (Å²) >= 11 is 0. The third-order valence-electron chi connectivity index (χ3n) is 3.97. The Kier molecular flexibility index (Phi) is 8.82. The summed E-state index contributed by atoms with van der Waals surface area (Å²) in [6.07, 6.45) is 6.22. The predicted octanol–water partition coefficient (Wildman–Crippen LogP) is 0.883. The van der Waals surface area contributed by atoms with Gasteiger partial charge in [-0.15, -0.1) is 0 Å². The van der Waals surface area contributed by atoms with E-state index in [0.717, 1.165) is 5.92 Å². The molecular formula is C15H30N4O2. The Labute approximate surface area is 128 Å². The van der Waals surface area contributed by atoms with Gasteiger partial charge in [0.15, 0.2) is 5.96 Å². The topological polar surface area (TPSA) is 74.8 Å². The zero-order valence-electron chi connectivity index (χ0n) is 13.6. The lowest BCUT2D eigenvalue weighted by Crippen LogP contribution is -2.48. The maximum atomic E-state index is 11.6. The van der Waals surface area contributed by atoms with Gasteiger partial charge in [0.1, 0.15) is 0 Å². The average molecular weight is 298 g/mol. The van der Waals surface area contributed by atoms with Crippen LogP contribution in [0.4, 0.5) is 0 Å². The maximum absolute atomic E-state index is 11.6. The summed E-state index contributed by atoms with van der Waals surface area (Å²) < 4.78 is 4.89. The standard InChI is InChI=1S/C15H30N4O2/c1-4-12-6-5-7-13(10-12)19-15(16-2)18-11-14(20)17-8-9-21-3/h12-13H,4-11H2,1-3H3,(H,17,20)(H2,16,18,19). The largest absolute Gasteiger partial charge is 0.383 e. The summed E-state index contributed by atoms with van der Waals surface area (Å²) in [4.78, 5) is 15.8. The number of rotatable bonds is 7. The van der Waals surface area contributed by atoms with Gasteiger partial charge in [0.25, 0.3) is 0 Å². The van der Waals surface area contributed by atoms with Crippen molar-refractivity contribution >= 4 is 11.9 Å². The SMILES string of the molecule is CCC1CCCC(NC(=NC)NCC(=O)NCCOC)C1. The summed E-state index contributed by atoms with van der Waals surface area (Å²) in [6, 6.07) is 0.464. The predicted molar refractivity (Wildman–Crippen MR) is 85.4 cm³/mol. The molecule has 0 aromatic carbocycles. The van der Waals surface area contributed by atoms with E-state index in [0.29, 0.717) is 25.2 Å². The number of carbonyl (C=O) groups excluding carboxylic acids is 1. The van der Waals surface area contributed by atoms with Crippen LogP contribution in [0.15, 0.2) is 4.99 Å². The summed E-state index contributed by atoms with van der Waals surface area (Å²) in [7, 11) is 3.35. The number of aliphatic imine (C=N–C) groups is 1. The molecule has 0 heterocycles. The van der Waals surface area contributed by atoms with Crippen LogP contribution in [0.5, 0.6) is 0 Å².